The van der Waals surface area contributed by atoms with E-state index in [-0.39, 0.29) is 41.8 Å². The highest BCUT2D eigenvalue weighted by Crippen LogP contribution is 2.47. The average Bonchev–Trinajstić information content (AvgIpc) is 3.19. The molecule has 1 aromatic heterocycles. The van der Waals surface area contributed by atoms with E-state index in [1.165, 1.54) is 23.5 Å². The van der Waals surface area contributed by atoms with Crippen LogP contribution >= 0.6 is 35.3 Å². The number of guanidine groups is 1. The third-order valence-electron chi connectivity index (χ3n) is 4.85. The minimum Gasteiger partial charge on any atom is -0.383 e. The molecular formula is C20H27FIN3OS. The topological polar surface area (TPSA) is 56.7 Å². The van der Waals surface area contributed by atoms with Crippen LogP contribution in [0.15, 0.2) is 46.8 Å². The number of hydrogen-bond acceptors (Lipinski definition) is 3. The van der Waals surface area contributed by atoms with Crippen LogP contribution in [0.25, 0.3) is 0 Å². The van der Waals surface area contributed by atoms with Crippen molar-refractivity contribution < 1.29 is 9.50 Å². The van der Waals surface area contributed by atoms with Gasteiger partial charge in [0.25, 0.3) is 0 Å². The molecule has 4 nitrogen and oxygen atoms in total. The van der Waals surface area contributed by atoms with Crippen molar-refractivity contribution in [3.63, 3.8) is 0 Å². The average molecular weight is 503 g/mol. The van der Waals surface area contributed by atoms with Gasteiger partial charge in [0.2, 0.25) is 0 Å². The van der Waals surface area contributed by atoms with Crippen LogP contribution in [-0.4, -0.2) is 30.7 Å². The molecule has 1 heterocycles. The number of thiophene rings is 1. The van der Waals surface area contributed by atoms with E-state index in [9.17, 15) is 9.50 Å². The Kier molecular flexibility index (Phi) is 7.64. The van der Waals surface area contributed by atoms with Gasteiger partial charge in [0, 0.05) is 23.4 Å². The number of aliphatic hydroxyl groups is 1. The van der Waals surface area contributed by atoms with Crippen LogP contribution in [-0.2, 0) is 11.0 Å². The van der Waals surface area contributed by atoms with Gasteiger partial charge in [0.1, 0.15) is 11.4 Å². The van der Waals surface area contributed by atoms with Crippen molar-refractivity contribution in [2.75, 3.05) is 19.6 Å². The fraction of sp³-hybridized carbons (Fsp3) is 0.450. The zero-order chi connectivity index (χ0) is 18.6. The molecule has 0 aliphatic heterocycles. The van der Waals surface area contributed by atoms with E-state index in [0.29, 0.717) is 5.96 Å². The molecule has 2 aromatic rings. The lowest BCUT2D eigenvalue weighted by Crippen LogP contribution is -2.42. The predicted octanol–water partition coefficient (Wildman–Crippen LogP) is 4.00. The maximum absolute atomic E-state index is 13.2. The SMILES string of the molecule is CCNC(=NCC(C)(O)c1cccs1)NCC1(c2ccc(F)cc2)CC1.I. The van der Waals surface area contributed by atoms with Gasteiger partial charge >= 0.3 is 0 Å². The summed E-state index contributed by atoms with van der Waals surface area (Å²) in [5.74, 6) is 0.487. The Bertz CT molecular complexity index is 743. The second-order valence-electron chi connectivity index (χ2n) is 7.09. The summed E-state index contributed by atoms with van der Waals surface area (Å²) in [7, 11) is 0. The summed E-state index contributed by atoms with van der Waals surface area (Å²) in [5.41, 5.74) is 0.234. The molecule has 3 N–H and O–H groups in total. The maximum Gasteiger partial charge on any atom is 0.191 e. The molecule has 27 heavy (non-hydrogen) atoms. The van der Waals surface area contributed by atoms with Crippen molar-refractivity contribution in [3.8, 4) is 0 Å². The molecule has 1 unspecified atom stereocenters. The summed E-state index contributed by atoms with van der Waals surface area (Å²) in [6.45, 7) is 5.57. The quantitative estimate of drug-likeness (QED) is 0.304. The lowest BCUT2D eigenvalue weighted by molar-refractivity contribution is 0.0711. The Morgan fingerprint density at radius 2 is 1.96 bits per heavy atom. The van der Waals surface area contributed by atoms with Gasteiger partial charge in [-0.25, -0.2) is 9.38 Å². The van der Waals surface area contributed by atoms with E-state index in [4.69, 9.17) is 0 Å². The lowest BCUT2D eigenvalue weighted by Gasteiger charge is -2.22. The fourth-order valence-corrected chi connectivity index (χ4v) is 3.79. The molecule has 1 aliphatic rings. The molecule has 0 spiro atoms. The first-order valence-electron chi connectivity index (χ1n) is 9.00. The third kappa shape index (κ3) is 5.65. The number of nitrogens with one attached hydrogen (secondary N) is 2. The number of nitrogens with zero attached hydrogens (tertiary/aromatic N) is 1. The second-order valence-corrected chi connectivity index (χ2v) is 8.03. The van der Waals surface area contributed by atoms with Crippen molar-refractivity contribution in [1.29, 1.82) is 0 Å². The molecule has 1 aromatic carbocycles. The van der Waals surface area contributed by atoms with E-state index in [0.717, 1.165) is 36.4 Å². The highest BCUT2D eigenvalue weighted by molar-refractivity contribution is 14.0. The molecule has 1 fully saturated rings. The van der Waals surface area contributed by atoms with Crippen LogP contribution in [0.2, 0.25) is 0 Å². The van der Waals surface area contributed by atoms with Gasteiger partial charge in [-0.1, -0.05) is 18.2 Å². The minimum atomic E-state index is -0.981. The maximum atomic E-state index is 13.2. The Morgan fingerprint density at radius 3 is 2.52 bits per heavy atom. The van der Waals surface area contributed by atoms with Gasteiger partial charge in [0.15, 0.2) is 5.96 Å². The second kappa shape index (κ2) is 9.34. The highest BCUT2D eigenvalue weighted by atomic mass is 127. The third-order valence-corrected chi connectivity index (χ3v) is 5.97. The molecule has 0 saturated heterocycles. The molecule has 0 radical (unpaired) electrons. The van der Waals surface area contributed by atoms with Crippen LogP contribution in [0.1, 0.15) is 37.1 Å². The van der Waals surface area contributed by atoms with Crippen molar-refractivity contribution in [2.45, 2.75) is 37.7 Å². The first-order chi connectivity index (χ1) is 12.5. The van der Waals surface area contributed by atoms with E-state index in [2.05, 4.69) is 15.6 Å². The van der Waals surface area contributed by atoms with Crippen molar-refractivity contribution >= 4 is 41.3 Å². The summed E-state index contributed by atoms with van der Waals surface area (Å²) in [4.78, 5) is 5.48. The molecule has 0 amide bonds. The number of halogens is 2. The van der Waals surface area contributed by atoms with E-state index in [1.54, 1.807) is 6.92 Å². The number of rotatable bonds is 7. The first kappa shape index (κ1) is 22.1. The van der Waals surface area contributed by atoms with Crippen LogP contribution in [0.5, 0.6) is 0 Å². The van der Waals surface area contributed by atoms with E-state index in [1.807, 2.05) is 36.6 Å². The standard InChI is InChI=1S/C20H26FN3OS.HI/c1-3-22-18(23-13-19(2,25)17-5-4-12-26-17)24-14-20(10-11-20)15-6-8-16(21)9-7-15;/h4-9,12,25H,3,10-11,13-14H2,1-2H3,(H2,22,23,24);1H. The minimum absolute atomic E-state index is 0. The van der Waals surface area contributed by atoms with Crippen molar-refractivity contribution in [1.82, 2.24) is 10.6 Å². The molecule has 0 bridgehead atoms. The van der Waals surface area contributed by atoms with Gasteiger partial charge in [-0.2, -0.15) is 0 Å². The highest BCUT2D eigenvalue weighted by Gasteiger charge is 2.44. The lowest BCUT2D eigenvalue weighted by atomic mass is 9.96. The fourth-order valence-electron chi connectivity index (χ4n) is 3.01. The summed E-state index contributed by atoms with van der Waals surface area (Å²) in [6, 6.07) is 10.6. The summed E-state index contributed by atoms with van der Waals surface area (Å²) in [6.07, 6.45) is 2.16. The molecule has 1 atom stereocenters. The smallest absolute Gasteiger partial charge is 0.191 e. The number of hydrogen-bond donors (Lipinski definition) is 3. The molecule has 3 rings (SSSR count). The van der Waals surface area contributed by atoms with Crippen molar-refractivity contribution in [2.24, 2.45) is 4.99 Å². The van der Waals surface area contributed by atoms with Gasteiger partial charge in [-0.05, 0) is 55.8 Å². The Balaban J connectivity index is 0.00000261. The first-order valence-corrected chi connectivity index (χ1v) is 9.88. The molecule has 1 saturated carbocycles. The Hall–Kier alpha value is -1.19. The zero-order valence-corrected chi connectivity index (χ0v) is 18.8. The van der Waals surface area contributed by atoms with E-state index >= 15 is 0 Å². The monoisotopic (exact) mass is 503 g/mol. The van der Waals surface area contributed by atoms with Gasteiger partial charge in [0.05, 0.1) is 6.54 Å². The largest absolute Gasteiger partial charge is 0.383 e. The number of aliphatic imine (C=N–C) groups is 1. The van der Waals surface area contributed by atoms with E-state index < -0.39 is 5.60 Å². The van der Waals surface area contributed by atoms with Crippen LogP contribution in [0.4, 0.5) is 4.39 Å². The normalized spacial score (nSPS) is 17.6. The molecular weight excluding hydrogens is 476 g/mol. The molecule has 7 heteroatoms. The van der Waals surface area contributed by atoms with Gasteiger partial charge < -0.3 is 15.7 Å². The summed E-state index contributed by atoms with van der Waals surface area (Å²) < 4.78 is 13.2. The molecule has 1 aliphatic carbocycles. The van der Waals surface area contributed by atoms with Gasteiger partial charge in [-0.15, -0.1) is 35.3 Å². The summed E-state index contributed by atoms with van der Waals surface area (Å²) >= 11 is 1.53. The Labute approximate surface area is 181 Å². The number of benzene rings is 1. The van der Waals surface area contributed by atoms with Crippen LogP contribution in [0.3, 0.4) is 0 Å². The van der Waals surface area contributed by atoms with Crippen LogP contribution in [0, 0.1) is 5.82 Å². The van der Waals surface area contributed by atoms with Crippen molar-refractivity contribution in [3.05, 3.63) is 58.0 Å². The van der Waals surface area contributed by atoms with Gasteiger partial charge in [-0.3, -0.25) is 0 Å². The predicted molar refractivity (Wildman–Crippen MR) is 121 cm³/mol. The Morgan fingerprint density at radius 1 is 1.26 bits per heavy atom. The van der Waals surface area contributed by atoms with Crippen LogP contribution < -0.4 is 10.6 Å². The summed E-state index contributed by atoms with van der Waals surface area (Å²) in [5, 5.41) is 19.2. The molecule has 148 valence electrons. The zero-order valence-electron chi connectivity index (χ0n) is 15.7.